The molecule has 0 radical (unpaired) electrons. The summed E-state index contributed by atoms with van der Waals surface area (Å²) in [6.07, 6.45) is 29.2. The number of aromatic nitrogens is 1. The number of hydrogen-bond acceptors (Lipinski definition) is 4. The molecule has 0 fully saturated rings. The lowest BCUT2D eigenvalue weighted by atomic mass is 10.2. The van der Waals surface area contributed by atoms with Crippen molar-refractivity contribution in [2.75, 3.05) is 72.9 Å². The molecule has 4 heterocycles. The van der Waals surface area contributed by atoms with Crippen LogP contribution in [-0.4, -0.2) is 88.1 Å². The third-order valence-corrected chi connectivity index (χ3v) is 10.1. The monoisotopic (exact) mass is 702 g/mol. The van der Waals surface area contributed by atoms with Gasteiger partial charge in [-0.2, -0.15) is 0 Å². The maximum Gasteiger partial charge on any atom is 0.255 e. The summed E-state index contributed by atoms with van der Waals surface area (Å²) >= 11 is 0. The Morgan fingerprint density at radius 3 is 2.17 bits per heavy atom. The van der Waals surface area contributed by atoms with Crippen LogP contribution in [-0.2, 0) is 6.54 Å². The molecular weight excluding hydrogens is 645 g/mol. The molecule has 272 valence electrons. The topological polar surface area (TPSA) is 45.4 Å². The van der Waals surface area contributed by atoms with Crippen LogP contribution < -0.4 is 24.3 Å². The number of fused-ring (bicyclic) bond motifs is 2. The third-order valence-electron chi connectivity index (χ3n) is 10.1. The number of quaternary nitrogens is 3. The average Bonchev–Trinajstić information content (AvgIpc) is 3.69. The molecule has 0 aliphatic carbocycles. The van der Waals surface area contributed by atoms with Crippen LogP contribution in [0.4, 0.5) is 11.4 Å². The molecule has 8 heteroatoms. The van der Waals surface area contributed by atoms with Gasteiger partial charge in [0, 0.05) is 63.1 Å². The van der Waals surface area contributed by atoms with Gasteiger partial charge in [0.2, 0.25) is 0 Å². The number of rotatable bonds is 16. The van der Waals surface area contributed by atoms with E-state index in [-0.39, 0.29) is 6.23 Å². The highest BCUT2D eigenvalue weighted by molar-refractivity contribution is 5.66. The van der Waals surface area contributed by atoms with Crippen molar-refractivity contribution < 1.29 is 28.3 Å². The Labute approximate surface area is 311 Å². The van der Waals surface area contributed by atoms with Crippen molar-refractivity contribution >= 4 is 17.5 Å². The van der Waals surface area contributed by atoms with Crippen LogP contribution in [0.5, 0.6) is 11.5 Å². The van der Waals surface area contributed by atoms with Crippen molar-refractivity contribution in [1.29, 1.82) is 0 Å². The molecule has 3 aliphatic rings. The van der Waals surface area contributed by atoms with Gasteiger partial charge < -0.3 is 28.2 Å². The number of ether oxygens (including phenoxy) is 2. The van der Waals surface area contributed by atoms with E-state index in [9.17, 15) is 0 Å². The molecule has 1 aromatic heterocycles. The van der Waals surface area contributed by atoms with E-state index in [1.165, 1.54) is 55.8 Å². The van der Waals surface area contributed by atoms with Crippen LogP contribution in [0.1, 0.15) is 24.8 Å². The van der Waals surface area contributed by atoms with E-state index >= 15 is 0 Å². The first kappa shape index (κ1) is 36.9. The fourth-order valence-corrected chi connectivity index (χ4v) is 6.93. The predicted molar refractivity (Wildman–Crippen MR) is 211 cm³/mol. The van der Waals surface area contributed by atoms with Gasteiger partial charge in [0.15, 0.2) is 42.0 Å². The number of nitrogens with zero attached hydrogens (tertiary/aromatic N) is 5. The van der Waals surface area contributed by atoms with Gasteiger partial charge in [0.1, 0.15) is 0 Å². The Hall–Kier alpha value is -4.89. The lowest BCUT2D eigenvalue weighted by Gasteiger charge is -2.34. The average molecular weight is 703 g/mol. The van der Waals surface area contributed by atoms with Gasteiger partial charge in [0.25, 0.3) is 6.23 Å². The van der Waals surface area contributed by atoms with Crippen LogP contribution in [0.15, 0.2) is 139 Å². The Morgan fingerprint density at radius 1 is 0.769 bits per heavy atom. The molecule has 52 heavy (non-hydrogen) atoms. The number of pyridine rings is 1. The molecule has 1 unspecified atom stereocenters. The number of anilines is 1. The van der Waals surface area contributed by atoms with Gasteiger partial charge in [-0.25, -0.2) is 4.57 Å². The summed E-state index contributed by atoms with van der Waals surface area (Å²) in [7, 11) is 11.6. The second kappa shape index (κ2) is 17.1. The molecule has 1 atom stereocenters. The molecule has 8 nitrogen and oxygen atoms in total. The van der Waals surface area contributed by atoms with E-state index in [4.69, 9.17) is 9.47 Å². The Bertz CT molecular complexity index is 1790. The second-order valence-electron chi connectivity index (χ2n) is 15.4. The third kappa shape index (κ3) is 10.6. The van der Waals surface area contributed by atoms with Crippen molar-refractivity contribution in [3.8, 4) is 11.5 Å². The highest BCUT2D eigenvalue weighted by atomic mass is 16.5. The SMILES string of the molecule is CN1C(=CC=Cc2cc[n+](CCC[N+](C)(C)CCC[N+](C)(C)CCCN3C=CC(=CC=CC4[NH2+]c5ccccc5O4)C=C3)cc2)Oc2ccccc21. The lowest BCUT2D eigenvalue weighted by Crippen LogP contribution is -2.82. The predicted octanol–water partition coefficient (Wildman–Crippen LogP) is 6.12. The standard InChI is InChI=1S/C44H57N6O2/c1-46-40-18-7-9-20-42(40)52-44(46)22-11-16-38-25-31-48(32-26-38)28-13-34-50(4,5)36-14-35-49(2,3)33-12-27-47-29-23-37(24-30-47)15-10-21-43-45-39-17-6-8-19-41(39)51-43/h6-11,15-26,29-32,43,45H,12-14,27-28,33-36H2,1-5H3/q+3/p+1. The fourth-order valence-electron chi connectivity index (χ4n) is 6.93. The molecule has 3 aliphatic heterocycles. The van der Waals surface area contributed by atoms with Crippen LogP contribution >= 0.6 is 0 Å². The summed E-state index contributed by atoms with van der Waals surface area (Å²) in [6, 6.07) is 20.6. The van der Waals surface area contributed by atoms with Gasteiger partial charge in [-0.3, -0.25) is 5.32 Å². The van der Waals surface area contributed by atoms with Gasteiger partial charge >= 0.3 is 0 Å². The van der Waals surface area contributed by atoms with Crippen LogP contribution in [0.2, 0.25) is 0 Å². The maximum absolute atomic E-state index is 5.97. The fraction of sp³-hybridized carbons (Fsp3) is 0.341. The van der Waals surface area contributed by atoms with Crippen molar-refractivity contribution in [1.82, 2.24) is 4.90 Å². The molecule has 0 amide bonds. The van der Waals surface area contributed by atoms with Crippen LogP contribution in [0.25, 0.3) is 6.08 Å². The van der Waals surface area contributed by atoms with E-state index in [0.717, 1.165) is 51.5 Å². The zero-order valence-corrected chi connectivity index (χ0v) is 31.8. The molecule has 0 saturated carbocycles. The van der Waals surface area contributed by atoms with Crippen molar-refractivity contribution in [3.05, 3.63) is 145 Å². The zero-order valence-electron chi connectivity index (χ0n) is 31.8. The maximum atomic E-state index is 5.97. The van der Waals surface area contributed by atoms with Crippen LogP contribution in [0, 0.1) is 0 Å². The van der Waals surface area contributed by atoms with E-state index in [0.29, 0.717) is 0 Å². The Kier molecular flexibility index (Phi) is 12.1. The number of benzene rings is 2. The summed E-state index contributed by atoms with van der Waals surface area (Å²) in [5, 5.41) is 2.16. The van der Waals surface area contributed by atoms with E-state index < -0.39 is 0 Å². The van der Waals surface area contributed by atoms with E-state index in [1.807, 2.05) is 49.5 Å². The number of allylic oxidation sites excluding steroid dienone is 7. The van der Waals surface area contributed by atoms with Crippen molar-refractivity contribution in [2.45, 2.75) is 32.0 Å². The van der Waals surface area contributed by atoms with E-state index in [2.05, 4.69) is 139 Å². The minimum atomic E-state index is 0.000500. The Balaban J connectivity index is 0.831. The summed E-state index contributed by atoms with van der Waals surface area (Å²) in [5.41, 5.74) is 4.64. The second-order valence-corrected chi connectivity index (χ2v) is 15.4. The van der Waals surface area contributed by atoms with E-state index in [1.54, 1.807) is 0 Å². The van der Waals surface area contributed by atoms with Crippen molar-refractivity contribution in [3.63, 3.8) is 0 Å². The molecule has 0 bridgehead atoms. The molecule has 2 N–H and O–H groups in total. The lowest BCUT2D eigenvalue weighted by molar-refractivity contribution is -0.910. The number of para-hydroxylation sites is 4. The van der Waals surface area contributed by atoms with Gasteiger partial charge in [0.05, 0.1) is 66.5 Å². The Morgan fingerprint density at radius 2 is 1.44 bits per heavy atom. The molecule has 0 spiro atoms. The molecule has 2 aromatic carbocycles. The molecule has 6 rings (SSSR count). The molecular formula is C44H58N6O2+4. The first-order valence-electron chi connectivity index (χ1n) is 18.8. The minimum Gasteiger partial charge on any atom is -0.439 e. The largest absolute Gasteiger partial charge is 0.439 e. The number of nitrogens with two attached hydrogens (primary N) is 1. The first-order valence-corrected chi connectivity index (χ1v) is 18.8. The highest BCUT2D eigenvalue weighted by Gasteiger charge is 2.24. The first-order chi connectivity index (χ1) is 25.1. The smallest absolute Gasteiger partial charge is 0.255 e. The summed E-state index contributed by atoms with van der Waals surface area (Å²) in [5.74, 6) is 2.70. The van der Waals surface area contributed by atoms with Gasteiger partial charge in [-0.1, -0.05) is 48.6 Å². The summed E-state index contributed by atoms with van der Waals surface area (Å²) in [6.45, 7) is 6.83. The number of aryl methyl sites for hydroxylation is 1. The van der Waals surface area contributed by atoms with Gasteiger partial charge in [-0.15, -0.1) is 0 Å². The summed E-state index contributed by atoms with van der Waals surface area (Å²) in [4.78, 5) is 4.38. The van der Waals surface area contributed by atoms with Crippen LogP contribution in [0.3, 0.4) is 0 Å². The van der Waals surface area contributed by atoms with Crippen molar-refractivity contribution in [2.24, 2.45) is 0 Å². The molecule has 0 saturated heterocycles. The zero-order chi connectivity index (χ0) is 36.4. The summed E-state index contributed by atoms with van der Waals surface area (Å²) < 4.78 is 16.4. The number of hydrogen-bond donors (Lipinski definition) is 1. The molecule has 3 aromatic rings. The quantitative estimate of drug-likeness (QED) is 0.111. The minimum absolute atomic E-state index is 0.000500. The normalized spacial score (nSPS) is 17.7. The van der Waals surface area contributed by atoms with Gasteiger partial charge in [-0.05, 0) is 47.6 Å². The highest BCUT2D eigenvalue weighted by Crippen LogP contribution is 2.37.